The van der Waals surface area contributed by atoms with Gasteiger partial charge in [0.25, 0.3) is 0 Å². The van der Waals surface area contributed by atoms with E-state index in [9.17, 15) is 9.59 Å². The fourth-order valence-corrected chi connectivity index (χ4v) is 4.17. The van der Waals surface area contributed by atoms with E-state index >= 15 is 0 Å². The Balaban J connectivity index is 1.37. The zero-order valence-corrected chi connectivity index (χ0v) is 22.0. The molecule has 0 radical (unpaired) electrons. The number of hydrogen-bond donors (Lipinski definition) is 1. The number of aryl methyl sites for hydroxylation is 1. The van der Waals surface area contributed by atoms with E-state index in [0.29, 0.717) is 12.4 Å². The number of carbonyl (C=O) groups excluding carboxylic acids is 1. The molecule has 1 N–H and O–H groups in total. The van der Waals surface area contributed by atoms with E-state index in [1.807, 2.05) is 75.5 Å². The summed E-state index contributed by atoms with van der Waals surface area (Å²) in [5, 5.41) is 10.9. The van der Waals surface area contributed by atoms with Crippen molar-refractivity contribution in [1.82, 2.24) is 9.13 Å². The molecular formula is C29H34N2O6. The van der Waals surface area contributed by atoms with Crippen LogP contribution in [-0.4, -0.2) is 44.0 Å². The standard InChI is InChI=1S/C29H34N2O6/c1-28(2,3)37-27(34)29(4,5)36-25-9-6-8-24-22(25)13-16-30(24)14-7-17-35-21-10-11-23-20(18-21)12-15-31(23)19-26(32)33/h6,8-13,15-16,18H,7,14,17,19H2,1-5H3,(H,32,33). The molecule has 0 spiro atoms. The van der Waals surface area contributed by atoms with Gasteiger partial charge in [-0.1, -0.05) is 6.07 Å². The average Bonchev–Trinajstić information content (AvgIpc) is 3.39. The summed E-state index contributed by atoms with van der Waals surface area (Å²) in [6, 6.07) is 15.4. The number of aliphatic carboxylic acids is 1. The minimum Gasteiger partial charge on any atom is -0.494 e. The van der Waals surface area contributed by atoms with E-state index in [2.05, 4.69) is 4.57 Å². The van der Waals surface area contributed by atoms with Gasteiger partial charge >= 0.3 is 11.9 Å². The van der Waals surface area contributed by atoms with Crippen LogP contribution in [0.15, 0.2) is 60.9 Å². The zero-order chi connectivity index (χ0) is 26.8. The maximum Gasteiger partial charge on any atom is 0.350 e. The number of esters is 1. The summed E-state index contributed by atoms with van der Waals surface area (Å²) >= 11 is 0. The van der Waals surface area contributed by atoms with E-state index in [1.54, 1.807) is 24.6 Å². The minimum atomic E-state index is -1.13. The predicted molar refractivity (Wildman–Crippen MR) is 142 cm³/mol. The molecule has 0 atom stereocenters. The minimum absolute atomic E-state index is 0.0697. The first-order valence-electron chi connectivity index (χ1n) is 12.4. The van der Waals surface area contributed by atoms with Crippen molar-refractivity contribution in [3.05, 3.63) is 60.9 Å². The second-order valence-electron chi connectivity index (χ2n) is 10.6. The molecule has 0 unspecified atom stereocenters. The lowest BCUT2D eigenvalue weighted by molar-refractivity contribution is -0.170. The fraction of sp³-hybridized carbons (Fsp3) is 0.379. The van der Waals surface area contributed by atoms with Crippen LogP contribution in [0, 0.1) is 0 Å². The summed E-state index contributed by atoms with van der Waals surface area (Å²) in [6.45, 7) is 10.1. The molecular weight excluding hydrogens is 472 g/mol. The van der Waals surface area contributed by atoms with Crippen molar-refractivity contribution in [1.29, 1.82) is 0 Å². The molecule has 4 rings (SSSR count). The third-order valence-electron chi connectivity index (χ3n) is 5.89. The van der Waals surface area contributed by atoms with Crippen LogP contribution in [0.1, 0.15) is 41.0 Å². The monoisotopic (exact) mass is 506 g/mol. The van der Waals surface area contributed by atoms with Crippen molar-refractivity contribution in [2.24, 2.45) is 0 Å². The van der Waals surface area contributed by atoms with E-state index in [-0.39, 0.29) is 6.54 Å². The summed E-state index contributed by atoms with van der Waals surface area (Å²) in [7, 11) is 0. The summed E-state index contributed by atoms with van der Waals surface area (Å²) < 4.78 is 21.5. The second-order valence-corrected chi connectivity index (χ2v) is 10.6. The van der Waals surface area contributed by atoms with Crippen molar-refractivity contribution in [2.45, 2.75) is 65.3 Å². The van der Waals surface area contributed by atoms with Crippen LogP contribution in [0.25, 0.3) is 21.8 Å². The molecule has 0 aliphatic heterocycles. The van der Waals surface area contributed by atoms with Gasteiger partial charge in [0.2, 0.25) is 0 Å². The van der Waals surface area contributed by atoms with E-state index < -0.39 is 23.1 Å². The molecule has 37 heavy (non-hydrogen) atoms. The van der Waals surface area contributed by atoms with Gasteiger partial charge in [0, 0.05) is 35.2 Å². The van der Waals surface area contributed by atoms with Crippen molar-refractivity contribution in [3.8, 4) is 11.5 Å². The number of carboxylic acid groups (broad SMARTS) is 1. The predicted octanol–water partition coefficient (Wildman–Crippen LogP) is 5.65. The molecule has 8 heteroatoms. The molecule has 0 bridgehead atoms. The Kier molecular flexibility index (Phi) is 7.21. The first-order chi connectivity index (χ1) is 17.4. The Hall–Kier alpha value is -3.94. The maximum atomic E-state index is 12.6. The smallest absolute Gasteiger partial charge is 0.350 e. The SMILES string of the molecule is CC(C)(C)OC(=O)C(C)(C)Oc1cccc2c1ccn2CCCOc1ccc2c(ccn2CC(=O)O)c1. The van der Waals surface area contributed by atoms with Gasteiger partial charge in [-0.3, -0.25) is 4.79 Å². The van der Waals surface area contributed by atoms with Crippen LogP contribution in [0.2, 0.25) is 0 Å². The topological polar surface area (TPSA) is 91.9 Å². The number of ether oxygens (including phenoxy) is 3. The second kappa shape index (κ2) is 10.2. The van der Waals surface area contributed by atoms with E-state index in [1.165, 1.54) is 0 Å². The number of fused-ring (bicyclic) bond motifs is 2. The van der Waals surface area contributed by atoms with Crippen molar-refractivity contribution in [2.75, 3.05) is 6.61 Å². The van der Waals surface area contributed by atoms with E-state index in [4.69, 9.17) is 19.3 Å². The molecule has 4 aromatic rings. The molecule has 2 aromatic carbocycles. The van der Waals surface area contributed by atoms with Crippen LogP contribution in [0.3, 0.4) is 0 Å². The third-order valence-corrected chi connectivity index (χ3v) is 5.89. The quantitative estimate of drug-likeness (QED) is 0.221. The van der Waals surface area contributed by atoms with Crippen LogP contribution in [0.4, 0.5) is 0 Å². The highest BCUT2D eigenvalue weighted by Gasteiger charge is 2.35. The summed E-state index contributed by atoms with van der Waals surface area (Å²) in [5.74, 6) is 0.0931. The average molecular weight is 507 g/mol. The number of rotatable bonds is 10. The normalized spacial score (nSPS) is 12.1. The van der Waals surface area contributed by atoms with Gasteiger partial charge in [-0.2, -0.15) is 0 Å². The van der Waals surface area contributed by atoms with Gasteiger partial charge < -0.3 is 28.5 Å². The summed E-state index contributed by atoms with van der Waals surface area (Å²) in [6.07, 6.45) is 4.57. The van der Waals surface area contributed by atoms with Gasteiger partial charge in [-0.15, -0.1) is 0 Å². The van der Waals surface area contributed by atoms with Gasteiger partial charge in [0.15, 0.2) is 5.60 Å². The molecule has 0 aliphatic rings. The molecule has 0 saturated carbocycles. The Morgan fingerprint density at radius 2 is 1.68 bits per heavy atom. The highest BCUT2D eigenvalue weighted by Crippen LogP contribution is 2.31. The number of carboxylic acids is 1. The van der Waals surface area contributed by atoms with Crippen LogP contribution >= 0.6 is 0 Å². The Morgan fingerprint density at radius 3 is 2.41 bits per heavy atom. The van der Waals surface area contributed by atoms with Crippen LogP contribution in [0.5, 0.6) is 11.5 Å². The number of aromatic nitrogens is 2. The molecule has 0 amide bonds. The molecule has 0 saturated heterocycles. The van der Waals surface area contributed by atoms with Gasteiger partial charge in [-0.05, 0) is 83.5 Å². The summed E-state index contributed by atoms with van der Waals surface area (Å²) in [5.41, 5.74) is 0.152. The van der Waals surface area contributed by atoms with Crippen molar-refractivity contribution < 1.29 is 28.9 Å². The maximum absolute atomic E-state index is 12.6. The highest BCUT2D eigenvalue weighted by molar-refractivity contribution is 5.88. The van der Waals surface area contributed by atoms with E-state index in [0.717, 1.165) is 40.5 Å². The number of nitrogens with zero attached hydrogens (tertiary/aromatic N) is 2. The van der Waals surface area contributed by atoms with Crippen molar-refractivity contribution in [3.63, 3.8) is 0 Å². The molecule has 8 nitrogen and oxygen atoms in total. The zero-order valence-electron chi connectivity index (χ0n) is 22.0. The number of benzene rings is 2. The molecule has 196 valence electrons. The number of carbonyl (C=O) groups is 2. The Bertz CT molecular complexity index is 1420. The van der Waals surface area contributed by atoms with Gasteiger partial charge in [0.1, 0.15) is 23.6 Å². The van der Waals surface area contributed by atoms with Gasteiger partial charge in [0.05, 0.1) is 12.1 Å². The van der Waals surface area contributed by atoms with Gasteiger partial charge in [-0.25, -0.2) is 4.79 Å². The first kappa shape index (κ1) is 26.1. The van der Waals surface area contributed by atoms with Crippen LogP contribution < -0.4 is 9.47 Å². The first-order valence-corrected chi connectivity index (χ1v) is 12.4. The molecule has 2 heterocycles. The summed E-state index contributed by atoms with van der Waals surface area (Å²) in [4.78, 5) is 23.7. The third kappa shape index (κ3) is 6.25. The molecule has 2 aromatic heterocycles. The number of hydrogen-bond acceptors (Lipinski definition) is 5. The lowest BCUT2D eigenvalue weighted by Crippen LogP contribution is -2.43. The molecule has 0 fully saturated rings. The van der Waals surface area contributed by atoms with Crippen molar-refractivity contribution >= 4 is 33.7 Å². The lowest BCUT2D eigenvalue weighted by Gasteiger charge is -2.29. The highest BCUT2D eigenvalue weighted by atomic mass is 16.6. The lowest BCUT2D eigenvalue weighted by atomic mass is 10.1. The largest absolute Gasteiger partial charge is 0.494 e. The Labute approximate surface area is 216 Å². The molecule has 0 aliphatic carbocycles. The van der Waals surface area contributed by atoms with Crippen LogP contribution in [-0.2, 0) is 27.4 Å². The Morgan fingerprint density at radius 1 is 0.919 bits per heavy atom. The fourth-order valence-electron chi connectivity index (χ4n) is 4.17.